The summed E-state index contributed by atoms with van der Waals surface area (Å²) in [7, 11) is 3.12. The third-order valence-electron chi connectivity index (χ3n) is 3.05. The number of carboxylic acid groups (broad SMARTS) is 1. The molecule has 17 heavy (non-hydrogen) atoms. The van der Waals surface area contributed by atoms with Crippen LogP contribution in [0.3, 0.4) is 0 Å². The zero-order chi connectivity index (χ0) is 13.1. The summed E-state index contributed by atoms with van der Waals surface area (Å²) in [4.78, 5) is 35.4. The topological polar surface area (TPSA) is 86.7 Å². The third-order valence-corrected chi connectivity index (χ3v) is 3.05. The van der Waals surface area contributed by atoms with Crippen LogP contribution in [-0.4, -0.2) is 48.4 Å². The minimum Gasteiger partial charge on any atom is -0.481 e. The lowest BCUT2D eigenvalue weighted by Gasteiger charge is -2.22. The van der Waals surface area contributed by atoms with Crippen LogP contribution in [-0.2, 0) is 14.4 Å². The minimum atomic E-state index is -0.882. The number of carbonyl (C=O) groups excluding carboxylic acids is 2. The average molecular weight is 242 g/mol. The maximum absolute atomic E-state index is 12.0. The Morgan fingerprint density at radius 1 is 1.35 bits per heavy atom. The molecule has 1 fully saturated rings. The van der Waals surface area contributed by atoms with Crippen LogP contribution in [0.25, 0.3) is 0 Å². The molecule has 0 aliphatic heterocycles. The highest BCUT2D eigenvalue weighted by atomic mass is 16.4. The van der Waals surface area contributed by atoms with Gasteiger partial charge in [0.15, 0.2) is 0 Å². The van der Waals surface area contributed by atoms with Crippen LogP contribution >= 0.6 is 0 Å². The smallest absolute Gasteiger partial charge is 0.303 e. The molecule has 0 radical (unpaired) electrons. The molecule has 6 heteroatoms. The standard InChI is InChI=1S/C11H18N2O4/c1-12-9(16)11(5-6-11)10(17)13(2)7-3-4-8(14)15/h3-7H2,1-2H3,(H,12,16)(H,14,15). The average Bonchev–Trinajstić information content (AvgIpc) is 3.07. The van der Waals surface area contributed by atoms with Crippen LogP contribution in [0, 0.1) is 5.41 Å². The molecule has 0 aromatic heterocycles. The third kappa shape index (κ3) is 2.95. The largest absolute Gasteiger partial charge is 0.481 e. The summed E-state index contributed by atoms with van der Waals surface area (Å²) in [5.41, 5.74) is -0.882. The zero-order valence-electron chi connectivity index (χ0n) is 10.2. The van der Waals surface area contributed by atoms with Crippen molar-refractivity contribution in [1.82, 2.24) is 10.2 Å². The quantitative estimate of drug-likeness (QED) is 0.633. The van der Waals surface area contributed by atoms with Crippen molar-refractivity contribution in [3.8, 4) is 0 Å². The van der Waals surface area contributed by atoms with Crippen molar-refractivity contribution in [1.29, 1.82) is 0 Å². The van der Waals surface area contributed by atoms with Crippen LogP contribution in [0.4, 0.5) is 0 Å². The Bertz CT molecular complexity index is 336. The molecule has 0 spiro atoms. The number of nitrogens with one attached hydrogen (secondary N) is 1. The molecule has 0 atom stereocenters. The number of nitrogens with zero attached hydrogens (tertiary/aromatic N) is 1. The Hall–Kier alpha value is -1.59. The van der Waals surface area contributed by atoms with E-state index in [1.165, 1.54) is 11.9 Å². The molecule has 1 aliphatic carbocycles. The van der Waals surface area contributed by atoms with E-state index < -0.39 is 11.4 Å². The van der Waals surface area contributed by atoms with Crippen LogP contribution in [0.5, 0.6) is 0 Å². The second kappa shape index (κ2) is 5.16. The monoisotopic (exact) mass is 242 g/mol. The first-order valence-corrected chi connectivity index (χ1v) is 5.63. The molecule has 0 aromatic carbocycles. The molecule has 2 amide bonds. The van der Waals surface area contributed by atoms with Gasteiger partial charge in [0.25, 0.3) is 0 Å². The van der Waals surface area contributed by atoms with Gasteiger partial charge in [0.1, 0.15) is 5.41 Å². The summed E-state index contributed by atoms with van der Waals surface area (Å²) >= 11 is 0. The molecule has 1 saturated carbocycles. The molecule has 0 unspecified atom stereocenters. The van der Waals surface area contributed by atoms with Crippen LogP contribution in [0.2, 0.25) is 0 Å². The number of carboxylic acids is 1. The Balaban J connectivity index is 2.47. The summed E-state index contributed by atoms with van der Waals surface area (Å²) in [6.45, 7) is 0.365. The van der Waals surface area contributed by atoms with Gasteiger partial charge >= 0.3 is 5.97 Å². The second-order valence-corrected chi connectivity index (χ2v) is 4.39. The van der Waals surface area contributed by atoms with E-state index in [0.29, 0.717) is 25.8 Å². The fourth-order valence-corrected chi connectivity index (χ4v) is 1.84. The fraction of sp³-hybridized carbons (Fsp3) is 0.727. The molecule has 1 rings (SSSR count). The van der Waals surface area contributed by atoms with E-state index in [2.05, 4.69) is 5.32 Å². The van der Waals surface area contributed by atoms with Crippen molar-refractivity contribution in [2.75, 3.05) is 20.6 Å². The van der Waals surface area contributed by atoms with Gasteiger partial charge in [-0.25, -0.2) is 0 Å². The Morgan fingerprint density at radius 3 is 2.35 bits per heavy atom. The van der Waals surface area contributed by atoms with Gasteiger partial charge in [-0.3, -0.25) is 14.4 Å². The van der Waals surface area contributed by atoms with Gasteiger partial charge in [-0.05, 0) is 19.3 Å². The van der Waals surface area contributed by atoms with E-state index in [4.69, 9.17) is 5.11 Å². The van der Waals surface area contributed by atoms with Crippen molar-refractivity contribution >= 4 is 17.8 Å². The van der Waals surface area contributed by atoms with Crippen LogP contribution in [0.1, 0.15) is 25.7 Å². The molecule has 96 valence electrons. The summed E-state index contributed by atoms with van der Waals surface area (Å²) in [5.74, 6) is -1.33. The predicted molar refractivity (Wildman–Crippen MR) is 60.2 cm³/mol. The second-order valence-electron chi connectivity index (χ2n) is 4.39. The lowest BCUT2D eigenvalue weighted by molar-refractivity contribution is -0.144. The van der Waals surface area contributed by atoms with Crippen molar-refractivity contribution < 1.29 is 19.5 Å². The molecule has 0 saturated heterocycles. The first kappa shape index (κ1) is 13.5. The lowest BCUT2D eigenvalue weighted by Crippen LogP contribution is -2.43. The van der Waals surface area contributed by atoms with E-state index >= 15 is 0 Å². The summed E-state index contributed by atoms with van der Waals surface area (Å²) in [6, 6.07) is 0. The first-order valence-electron chi connectivity index (χ1n) is 5.63. The summed E-state index contributed by atoms with van der Waals surface area (Å²) in [6.07, 6.45) is 1.59. The predicted octanol–water partition coefficient (Wildman–Crippen LogP) is -0.164. The van der Waals surface area contributed by atoms with Crippen molar-refractivity contribution in [3.63, 3.8) is 0 Å². The highest BCUT2D eigenvalue weighted by Gasteiger charge is 2.57. The van der Waals surface area contributed by atoms with E-state index in [-0.39, 0.29) is 18.2 Å². The van der Waals surface area contributed by atoms with Gasteiger partial charge in [0, 0.05) is 27.1 Å². The van der Waals surface area contributed by atoms with Crippen molar-refractivity contribution in [3.05, 3.63) is 0 Å². The van der Waals surface area contributed by atoms with Gasteiger partial charge in [0.05, 0.1) is 0 Å². The molecule has 1 aliphatic rings. The number of rotatable bonds is 6. The van der Waals surface area contributed by atoms with Gasteiger partial charge in [-0.2, -0.15) is 0 Å². The highest BCUT2D eigenvalue weighted by molar-refractivity contribution is 6.07. The Morgan fingerprint density at radius 2 is 1.94 bits per heavy atom. The highest BCUT2D eigenvalue weighted by Crippen LogP contribution is 2.47. The molecule has 2 N–H and O–H groups in total. The number of carbonyl (C=O) groups is 3. The molecule has 0 heterocycles. The fourth-order valence-electron chi connectivity index (χ4n) is 1.84. The normalized spacial score (nSPS) is 16.1. The number of amides is 2. The Labute approximate surface area is 100.0 Å². The summed E-state index contributed by atoms with van der Waals surface area (Å²) in [5, 5.41) is 11.0. The van der Waals surface area contributed by atoms with Crippen LogP contribution in [0.15, 0.2) is 0 Å². The van der Waals surface area contributed by atoms with Gasteiger partial charge in [-0.15, -0.1) is 0 Å². The maximum atomic E-state index is 12.0. The first-order chi connectivity index (χ1) is 7.94. The van der Waals surface area contributed by atoms with Gasteiger partial charge in [0.2, 0.25) is 11.8 Å². The minimum absolute atomic E-state index is 0.0323. The van der Waals surface area contributed by atoms with Crippen molar-refractivity contribution in [2.45, 2.75) is 25.7 Å². The van der Waals surface area contributed by atoms with Crippen LogP contribution < -0.4 is 5.32 Å². The van der Waals surface area contributed by atoms with E-state index in [0.717, 1.165) is 0 Å². The van der Waals surface area contributed by atoms with E-state index in [9.17, 15) is 14.4 Å². The van der Waals surface area contributed by atoms with Gasteiger partial charge in [-0.1, -0.05) is 0 Å². The number of aliphatic carboxylic acids is 1. The molecule has 0 aromatic rings. The maximum Gasteiger partial charge on any atom is 0.303 e. The Kier molecular flexibility index (Phi) is 4.09. The van der Waals surface area contributed by atoms with E-state index in [1.807, 2.05) is 0 Å². The number of hydrogen-bond donors (Lipinski definition) is 2. The zero-order valence-corrected chi connectivity index (χ0v) is 10.2. The molecule has 6 nitrogen and oxygen atoms in total. The molecular weight excluding hydrogens is 224 g/mol. The molecular formula is C11H18N2O4. The number of hydrogen-bond acceptors (Lipinski definition) is 3. The SMILES string of the molecule is CNC(=O)C1(C(=O)N(C)CCCC(=O)O)CC1. The van der Waals surface area contributed by atoms with Gasteiger partial charge < -0.3 is 15.3 Å². The van der Waals surface area contributed by atoms with Crippen molar-refractivity contribution in [2.24, 2.45) is 5.41 Å². The molecule has 0 bridgehead atoms. The lowest BCUT2D eigenvalue weighted by atomic mass is 10.0. The summed E-state index contributed by atoms with van der Waals surface area (Å²) < 4.78 is 0. The van der Waals surface area contributed by atoms with E-state index in [1.54, 1.807) is 7.05 Å².